The Bertz CT molecular complexity index is 652. The van der Waals surface area contributed by atoms with E-state index < -0.39 is 0 Å². The molecule has 2 aromatic rings. The maximum atomic E-state index is 11.8. The lowest BCUT2D eigenvalue weighted by Gasteiger charge is -2.10. The third-order valence-corrected chi connectivity index (χ3v) is 4.73. The maximum absolute atomic E-state index is 11.8. The quantitative estimate of drug-likeness (QED) is 0.696. The molecule has 24 heavy (non-hydrogen) atoms. The number of aromatic nitrogens is 1. The van der Waals surface area contributed by atoms with Crippen molar-refractivity contribution in [3.63, 3.8) is 0 Å². The molecule has 0 aliphatic heterocycles. The molecule has 0 aliphatic carbocycles. The van der Waals surface area contributed by atoms with E-state index in [1.54, 1.807) is 11.3 Å². The predicted molar refractivity (Wildman–Crippen MR) is 98.8 cm³/mol. The Kier molecular flexibility index (Phi) is 7.25. The van der Waals surface area contributed by atoms with E-state index in [0.29, 0.717) is 12.5 Å². The molecule has 1 amide bonds. The molecule has 5 heteroatoms. The van der Waals surface area contributed by atoms with Crippen LogP contribution in [-0.2, 0) is 11.2 Å². The minimum Gasteiger partial charge on any atom is -0.484 e. The van der Waals surface area contributed by atoms with E-state index in [9.17, 15) is 4.79 Å². The Morgan fingerprint density at radius 1 is 1.33 bits per heavy atom. The number of aryl methyl sites for hydroxylation is 2. The monoisotopic (exact) mass is 346 g/mol. The highest BCUT2D eigenvalue weighted by molar-refractivity contribution is 7.09. The minimum absolute atomic E-state index is 0.0627. The van der Waals surface area contributed by atoms with Crippen molar-refractivity contribution >= 4 is 17.2 Å². The summed E-state index contributed by atoms with van der Waals surface area (Å²) in [6.45, 7) is 7.03. The van der Waals surface area contributed by atoms with Gasteiger partial charge in [0.1, 0.15) is 5.75 Å². The normalized spacial score (nSPS) is 10.8. The molecule has 0 aliphatic rings. The molecule has 0 fully saturated rings. The molecule has 2 rings (SSSR count). The summed E-state index contributed by atoms with van der Waals surface area (Å²) in [6, 6.07) is 7.91. The molecule has 0 saturated heterocycles. The first kappa shape index (κ1) is 18.5. The third-order valence-electron chi connectivity index (χ3n) is 3.70. The minimum atomic E-state index is -0.0740. The van der Waals surface area contributed by atoms with Crippen molar-refractivity contribution in [2.24, 2.45) is 0 Å². The van der Waals surface area contributed by atoms with Gasteiger partial charge in [-0.2, -0.15) is 0 Å². The lowest BCUT2D eigenvalue weighted by Crippen LogP contribution is -2.29. The first-order chi connectivity index (χ1) is 11.5. The van der Waals surface area contributed by atoms with Crippen molar-refractivity contribution in [2.75, 3.05) is 13.2 Å². The summed E-state index contributed by atoms with van der Waals surface area (Å²) in [4.78, 5) is 16.3. The highest BCUT2D eigenvalue weighted by atomic mass is 32.1. The van der Waals surface area contributed by atoms with E-state index in [0.717, 1.165) is 30.7 Å². The van der Waals surface area contributed by atoms with Gasteiger partial charge in [-0.05, 0) is 49.8 Å². The van der Waals surface area contributed by atoms with Crippen molar-refractivity contribution in [1.82, 2.24) is 10.3 Å². The highest BCUT2D eigenvalue weighted by Gasteiger charge is 2.05. The summed E-state index contributed by atoms with van der Waals surface area (Å²) in [5.41, 5.74) is 2.30. The topological polar surface area (TPSA) is 51.2 Å². The van der Waals surface area contributed by atoms with E-state index in [2.05, 4.69) is 35.6 Å². The summed E-state index contributed by atoms with van der Waals surface area (Å²) in [6.07, 6.45) is 2.96. The van der Waals surface area contributed by atoms with Crippen LogP contribution in [0, 0.1) is 6.92 Å². The zero-order valence-corrected chi connectivity index (χ0v) is 15.5. The standard InChI is InChI=1S/C19H26N2O2S/c1-14(2)16-7-6-8-17(11-16)23-12-18(22)20-10-5-4-9-19-21-15(3)13-24-19/h6-8,11,13-14H,4-5,9-10,12H2,1-3H3,(H,20,22). The fourth-order valence-electron chi connectivity index (χ4n) is 2.31. The molecule has 1 N–H and O–H groups in total. The number of benzene rings is 1. The lowest BCUT2D eigenvalue weighted by atomic mass is 10.0. The second-order valence-corrected chi connectivity index (χ2v) is 7.15. The van der Waals surface area contributed by atoms with Crippen LogP contribution in [0.15, 0.2) is 29.6 Å². The first-order valence-electron chi connectivity index (χ1n) is 8.45. The van der Waals surface area contributed by atoms with Crippen LogP contribution in [0.4, 0.5) is 0 Å². The van der Waals surface area contributed by atoms with E-state index in [4.69, 9.17) is 4.74 Å². The van der Waals surface area contributed by atoms with Gasteiger partial charge in [-0.15, -0.1) is 11.3 Å². The van der Waals surface area contributed by atoms with Crippen LogP contribution in [0.2, 0.25) is 0 Å². The van der Waals surface area contributed by atoms with Gasteiger partial charge in [-0.25, -0.2) is 4.98 Å². The second kappa shape index (κ2) is 9.42. The Morgan fingerprint density at radius 3 is 2.88 bits per heavy atom. The number of hydrogen-bond acceptors (Lipinski definition) is 4. The molecule has 0 atom stereocenters. The van der Waals surface area contributed by atoms with Crippen LogP contribution >= 0.6 is 11.3 Å². The van der Waals surface area contributed by atoms with Gasteiger partial charge < -0.3 is 10.1 Å². The highest BCUT2D eigenvalue weighted by Crippen LogP contribution is 2.19. The number of unbranched alkanes of at least 4 members (excludes halogenated alkanes) is 1. The number of hydrogen-bond donors (Lipinski definition) is 1. The van der Waals surface area contributed by atoms with Crippen molar-refractivity contribution in [3.8, 4) is 5.75 Å². The Hall–Kier alpha value is -1.88. The van der Waals surface area contributed by atoms with E-state index in [1.165, 1.54) is 10.6 Å². The molecule has 0 bridgehead atoms. The molecule has 1 aromatic carbocycles. The number of carbonyl (C=O) groups is 1. The third kappa shape index (κ3) is 6.32. The van der Waals surface area contributed by atoms with Gasteiger partial charge in [0.25, 0.3) is 5.91 Å². The molecule has 0 saturated carbocycles. The number of nitrogens with one attached hydrogen (secondary N) is 1. The number of rotatable bonds is 9. The summed E-state index contributed by atoms with van der Waals surface area (Å²) < 4.78 is 5.57. The van der Waals surface area contributed by atoms with Crippen LogP contribution in [0.25, 0.3) is 0 Å². The molecule has 0 radical (unpaired) electrons. The number of carbonyl (C=O) groups excluding carboxylic acids is 1. The predicted octanol–water partition coefficient (Wildman–Crippen LogP) is 4.09. The Balaban J connectivity index is 1.60. The van der Waals surface area contributed by atoms with Gasteiger partial charge in [0.15, 0.2) is 6.61 Å². The maximum Gasteiger partial charge on any atom is 0.257 e. The smallest absolute Gasteiger partial charge is 0.257 e. The SMILES string of the molecule is Cc1csc(CCCCNC(=O)COc2cccc(C(C)C)c2)n1. The number of thiazole rings is 1. The second-order valence-electron chi connectivity index (χ2n) is 6.21. The average molecular weight is 346 g/mol. The molecule has 4 nitrogen and oxygen atoms in total. The summed E-state index contributed by atoms with van der Waals surface area (Å²) >= 11 is 1.70. The van der Waals surface area contributed by atoms with E-state index in [-0.39, 0.29) is 12.5 Å². The lowest BCUT2D eigenvalue weighted by molar-refractivity contribution is -0.123. The summed E-state index contributed by atoms with van der Waals surface area (Å²) in [5, 5.41) is 6.15. The number of nitrogens with zero attached hydrogens (tertiary/aromatic N) is 1. The fourth-order valence-corrected chi connectivity index (χ4v) is 3.13. The first-order valence-corrected chi connectivity index (χ1v) is 9.33. The molecular weight excluding hydrogens is 320 g/mol. The zero-order valence-electron chi connectivity index (χ0n) is 14.7. The van der Waals surface area contributed by atoms with Gasteiger partial charge in [-0.3, -0.25) is 4.79 Å². The Labute approximate surface area is 148 Å². The van der Waals surface area contributed by atoms with Gasteiger partial charge in [0.2, 0.25) is 0 Å². The van der Waals surface area contributed by atoms with Crippen molar-refractivity contribution in [3.05, 3.63) is 45.9 Å². The molecule has 0 spiro atoms. The average Bonchev–Trinajstić information content (AvgIpc) is 2.98. The largest absolute Gasteiger partial charge is 0.484 e. The fraction of sp³-hybridized carbons (Fsp3) is 0.474. The van der Waals surface area contributed by atoms with Crippen LogP contribution in [-0.4, -0.2) is 24.0 Å². The van der Waals surface area contributed by atoms with Crippen LogP contribution in [0.1, 0.15) is 48.9 Å². The van der Waals surface area contributed by atoms with Crippen LogP contribution in [0.5, 0.6) is 5.75 Å². The molecule has 1 heterocycles. The summed E-state index contributed by atoms with van der Waals surface area (Å²) in [7, 11) is 0. The number of amides is 1. The van der Waals surface area contributed by atoms with Gasteiger partial charge in [0, 0.05) is 17.6 Å². The number of ether oxygens (including phenoxy) is 1. The van der Waals surface area contributed by atoms with Crippen LogP contribution < -0.4 is 10.1 Å². The van der Waals surface area contributed by atoms with Crippen LogP contribution in [0.3, 0.4) is 0 Å². The van der Waals surface area contributed by atoms with Gasteiger partial charge in [-0.1, -0.05) is 26.0 Å². The molecule has 0 unspecified atom stereocenters. The van der Waals surface area contributed by atoms with Crippen molar-refractivity contribution in [1.29, 1.82) is 0 Å². The van der Waals surface area contributed by atoms with E-state index >= 15 is 0 Å². The molecular formula is C19H26N2O2S. The van der Waals surface area contributed by atoms with Crippen molar-refractivity contribution < 1.29 is 9.53 Å². The van der Waals surface area contributed by atoms with Crippen molar-refractivity contribution in [2.45, 2.75) is 46.0 Å². The zero-order chi connectivity index (χ0) is 17.4. The van der Waals surface area contributed by atoms with Gasteiger partial charge >= 0.3 is 0 Å². The Morgan fingerprint density at radius 2 is 2.17 bits per heavy atom. The van der Waals surface area contributed by atoms with Gasteiger partial charge in [0.05, 0.1) is 5.01 Å². The molecule has 130 valence electrons. The molecule has 1 aromatic heterocycles. The summed E-state index contributed by atoms with van der Waals surface area (Å²) in [5.74, 6) is 1.12. The van der Waals surface area contributed by atoms with E-state index in [1.807, 2.05) is 25.1 Å².